The molecular formula is C30H25F3N6O4S2. The molecule has 15 heteroatoms. The first-order valence-corrected chi connectivity index (χ1v) is 16.0. The van der Waals surface area contributed by atoms with Crippen LogP contribution >= 0.6 is 11.8 Å². The van der Waals surface area contributed by atoms with Crippen molar-refractivity contribution in [2.45, 2.75) is 26.1 Å². The highest BCUT2D eigenvalue weighted by Crippen LogP contribution is 2.41. The van der Waals surface area contributed by atoms with Crippen molar-refractivity contribution in [3.05, 3.63) is 84.1 Å². The molecule has 45 heavy (non-hydrogen) atoms. The van der Waals surface area contributed by atoms with Gasteiger partial charge in [0.25, 0.3) is 0 Å². The van der Waals surface area contributed by atoms with E-state index in [9.17, 15) is 26.4 Å². The fourth-order valence-electron chi connectivity index (χ4n) is 5.10. The normalized spacial score (nSPS) is 17.0. The Morgan fingerprint density at radius 1 is 1.04 bits per heavy atom. The van der Waals surface area contributed by atoms with E-state index < -0.39 is 22.3 Å². The lowest BCUT2D eigenvalue weighted by Crippen LogP contribution is -2.36. The number of amidine groups is 1. The molecule has 232 valence electrons. The van der Waals surface area contributed by atoms with Gasteiger partial charge in [-0.2, -0.15) is 13.5 Å². The van der Waals surface area contributed by atoms with Gasteiger partial charge in [-0.25, -0.2) is 8.96 Å². The quantitative estimate of drug-likeness (QED) is 0.180. The molecule has 0 atom stereocenters. The molecule has 3 aromatic carbocycles. The third kappa shape index (κ3) is 5.68. The van der Waals surface area contributed by atoms with Crippen LogP contribution < -0.4 is 13.9 Å². The lowest BCUT2D eigenvalue weighted by Gasteiger charge is -2.29. The fourth-order valence-corrected chi connectivity index (χ4v) is 7.32. The van der Waals surface area contributed by atoms with Crippen LogP contribution in [0.1, 0.15) is 30.9 Å². The largest absolute Gasteiger partial charge is 0.573 e. The SMILES string of the molecule is CC(C)c1ccccc1N1C(=O)CSC1=NN=Cc1ccc2c(c1)N(C)S(=O)(=O)n1c(-c3ccc(OC(F)(F)F)cc3)cnc1-2. The molecule has 0 aliphatic carbocycles. The highest BCUT2D eigenvalue weighted by molar-refractivity contribution is 8.15. The highest BCUT2D eigenvalue weighted by Gasteiger charge is 2.36. The average molecular weight is 655 g/mol. The fraction of sp³-hybridized carbons (Fsp3) is 0.200. The minimum atomic E-state index is -4.85. The summed E-state index contributed by atoms with van der Waals surface area (Å²) in [6.45, 7) is 4.10. The molecular weight excluding hydrogens is 629 g/mol. The van der Waals surface area contributed by atoms with Crippen molar-refractivity contribution >= 4 is 50.6 Å². The van der Waals surface area contributed by atoms with Crippen LogP contribution in [0.5, 0.6) is 5.75 Å². The number of imidazole rings is 1. The van der Waals surface area contributed by atoms with Crippen LogP contribution in [0, 0.1) is 0 Å². The number of amides is 1. The molecule has 3 heterocycles. The van der Waals surface area contributed by atoms with Crippen molar-refractivity contribution in [3.63, 3.8) is 0 Å². The maximum absolute atomic E-state index is 13.6. The van der Waals surface area contributed by atoms with E-state index in [1.54, 1.807) is 23.1 Å². The summed E-state index contributed by atoms with van der Waals surface area (Å²) in [5.41, 5.74) is 3.71. The third-order valence-electron chi connectivity index (χ3n) is 7.20. The van der Waals surface area contributed by atoms with Crippen molar-refractivity contribution < 1.29 is 31.1 Å². The van der Waals surface area contributed by atoms with Crippen molar-refractivity contribution in [2.75, 3.05) is 22.0 Å². The maximum atomic E-state index is 13.6. The summed E-state index contributed by atoms with van der Waals surface area (Å²) in [5.74, 6) is 0.0576. The van der Waals surface area contributed by atoms with Gasteiger partial charge in [-0.3, -0.25) is 14.0 Å². The molecule has 0 N–H and O–H groups in total. The summed E-state index contributed by atoms with van der Waals surface area (Å²) < 4.78 is 71.0. The van der Waals surface area contributed by atoms with Gasteiger partial charge in [0, 0.05) is 18.2 Å². The molecule has 0 unspecified atom stereocenters. The Labute approximate surface area is 261 Å². The van der Waals surface area contributed by atoms with E-state index in [1.807, 2.05) is 24.3 Å². The number of anilines is 2. The number of carbonyl (C=O) groups is 1. The predicted molar refractivity (Wildman–Crippen MR) is 168 cm³/mol. The van der Waals surface area contributed by atoms with Gasteiger partial charge < -0.3 is 4.74 Å². The predicted octanol–water partition coefficient (Wildman–Crippen LogP) is 6.25. The van der Waals surface area contributed by atoms with E-state index in [0.29, 0.717) is 27.5 Å². The van der Waals surface area contributed by atoms with Crippen LogP contribution in [0.25, 0.3) is 22.6 Å². The van der Waals surface area contributed by atoms with Crippen molar-refractivity contribution in [2.24, 2.45) is 10.2 Å². The minimum absolute atomic E-state index is 0.0943. The van der Waals surface area contributed by atoms with Gasteiger partial charge in [0.05, 0.1) is 35.2 Å². The Kier molecular flexibility index (Phi) is 7.69. The molecule has 4 aromatic rings. The van der Waals surface area contributed by atoms with Crippen molar-refractivity contribution in [1.29, 1.82) is 0 Å². The number of nitrogens with zero attached hydrogens (tertiary/aromatic N) is 6. The number of halogens is 3. The van der Waals surface area contributed by atoms with Gasteiger partial charge in [-0.1, -0.05) is 49.9 Å². The third-order valence-corrected chi connectivity index (χ3v) is 9.83. The van der Waals surface area contributed by atoms with Crippen LogP contribution in [-0.2, 0) is 15.0 Å². The van der Waals surface area contributed by atoms with E-state index in [2.05, 4.69) is 33.8 Å². The van der Waals surface area contributed by atoms with E-state index in [-0.39, 0.29) is 29.1 Å². The Morgan fingerprint density at radius 3 is 2.49 bits per heavy atom. The first kappa shape index (κ1) is 30.4. The van der Waals surface area contributed by atoms with Crippen LogP contribution in [0.4, 0.5) is 24.5 Å². The van der Waals surface area contributed by atoms with Gasteiger partial charge in [0.2, 0.25) is 5.91 Å². The van der Waals surface area contributed by atoms with E-state index >= 15 is 0 Å². The van der Waals surface area contributed by atoms with Crippen LogP contribution in [-0.4, -0.2) is 53.8 Å². The smallest absolute Gasteiger partial charge is 0.406 e. The Bertz CT molecular complexity index is 1970. The second kappa shape index (κ2) is 11.4. The monoisotopic (exact) mass is 654 g/mol. The van der Waals surface area contributed by atoms with Gasteiger partial charge in [-0.15, -0.1) is 18.3 Å². The number of ether oxygens (including phenoxy) is 1. The molecule has 0 radical (unpaired) electrons. The number of carbonyl (C=O) groups excluding carboxylic acids is 1. The van der Waals surface area contributed by atoms with Gasteiger partial charge in [-0.05, 0) is 59.5 Å². The zero-order valence-electron chi connectivity index (χ0n) is 24.1. The topological polar surface area (TPSA) is 109 Å². The molecule has 0 bridgehead atoms. The molecule has 1 amide bonds. The van der Waals surface area contributed by atoms with Gasteiger partial charge in [0.1, 0.15) is 5.75 Å². The van der Waals surface area contributed by atoms with Crippen molar-refractivity contribution in [1.82, 2.24) is 8.96 Å². The number of rotatable bonds is 6. The summed E-state index contributed by atoms with van der Waals surface area (Å²) >= 11 is 1.28. The zero-order valence-corrected chi connectivity index (χ0v) is 25.7. The van der Waals surface area contributed by atoms with E-state index in [1.165, 1.54) is 43.4 Å². The Morgan fingerprint density at radius 2 is 1.78 bits per heavy atom. The standard InChI is InChI=1S/C30H25F3N6O4S2/c1-18(2)22-6-4-5-7-24(22)38-27(40)17-44-29(38)36-35-15-19-8-13-23-25(14-19)37(3)45(41,42)39-26(16-34-28(23)39)20-9-11-21(12-10-20)43-30(31,32)33/h4-16,18H,17H2,1-3H3. The van der Waals surface area contributed by atoms with Crippen LogP contribution in [0.3, 0.4) is 0 Å². The minimum Gasteiger partial charge on any atom is -0.406 e. The Hall–Kier alpha value is -4.63. The summed E-state index contributed by atoms with van der Waals surface area (Å²) in [5, 5.41) is 8.97. The molecule has 0 saturated carbocycles. The molecule has 1 fully saturated rings. The molecule has 2 aliphatic heterocycles. The van der Waals surface area contributed by atoms with Crippen LogP contribution in [0.2, 0.25) is 0 Å². The highest BCUT2D eigenvalue weighted by atomic mass is 32.2. The number of aromatic nitrogens is 2. The number of hydrogen-bond donors (Lipinski definition) is 0. The first-order chi connectivity index (χ1) is 21.3. The van der Waals surface area contributed by atoms with Crippen molar-refractivity contribution in [3.8, 4) is 28.4 Å². The summed E-state index contributed by atoms with van der Waals surface area (Å²) in [6.07, 6.45) is -2.02. The number of hydrogen-bond acceptors (Lipinski definition) is 8. The lowest BCUT2D eigenvalue weighted by molar-refractivity contribution is -0.274. The zero-order chi connectivity index (χ0) is 32.1. The molecule has 1 saturated heterocycles. The van der Waals surface area contributed by atoms with E-state index in [4.69, 9.17) is 0 Å². The molecule has 6 rings (SSSR count). The van der Waals surface area contributed by atoms with Crippen LogP contribution in [0.15, 0.2) is 83.1 Å². The second-order valence-electron chi connectivity index (χ2n) is 10.4. The number of thioether (sulfide) groups is 1. The van der Waals surface area contributed by atoms with Gasteiger partial charge >= 0.3 is 16.6 Å². The maximum Gasteiger partial charge on any atom is 0.573 e. The first-order valence-electron chi connectivity index (χ1n) is 13.6. The number of para-hydroxylation sites is 1. The number of fused-ring (bicyclic) bond motifs is 3. The summed E-state index contributed by atoms with van der Waals surface area (Å²) in [4.78, 5) is 18.7. The number of alkyl halides is 3. The summed E-state index contributed by atoms with van der Waals surface area (Å²) in [6, 6.07) is 17.6. The second-order valence-corrected chi connectivity index (χ2v) is 13.2. The lowest BCUT2D eigenvalue weighted by atomic mass is 10.0. The van der Waals surface area contributed by atoms with Gasteiger partial charge in [0.15, 0.2) is 11.0 Å². The molecule has 10 nitrogen and oxygen atoms in total. The Balaban J connectivity index is 1.30. The average Bonchev–Trinajstić information content (AvgIpc) is 3.60. The number of benzene rings is 3. The summed E-state index contributed by atoms with van der Waals surface area (Å²) in [7, 11) is -2.76. The molecule has 0 spiro atoms. The van der Waals surface area contributed by atoms with E-state index in [0.717, 1.165) is 31.7 Å². The molecule has 2 aliphatic rings. The molecule has 1 aromatic heterocycles.